The van der Waals surface area contributed by atoms with E-state index in [-0.39, 0.29) is 23.8 Å². The number of nitro benzene ring substituents is 2. The Bertz CT molecular complexity index is 646. The third-order valence-electron chi connectivity index (χ3n) is 2.46. The molecular weight excluding hydrogens is 304 g/mol. The summed E-state index contributed by atoms with van der Waals surface area (Å²) in [6.45, 7) is 0. The first-order chi connectivity index (χ1) is 9.99. The number of nitrogens with one attached hydrogen (secondary N) is 1. The first-order valence-electron chi connectivity index (χ1n) is 5.58. The van der Waals surface area contributed by atoms with Crippen molar-refractivity contribution >= 4 is 40.8 Å². The molecule has 0 aliphatic carbocycles. The number of carbonyl (C=O) groups is 1. The van der Waals surface area contributed by atoms with Gasteiger partial charge in [-0.1, -0.05) is 0 Å². The van der Waals surface area contributed by atoms with E-state index >= 15 is 0 Å². The average molecular weight is 312 g/mol. The molecule has 0 bridgehead atoms. The molecule has 1 aromatic rings. The molecule has 110 valence electrons. The molecule has 0 unspecified atom stereocenters. The van der Waals surface area contributed by atoms with Gasteiger partial charge in [0.25, 0.3) is 11.6 Å². The summed E-state index contributed by atoms with van der Waals surface area (Å²) in [5, 5.41) is 25.2. The largest absolute Gasteiger partial charge is 0.400 e. The first-order valence-corrected chi connectivity index (χ1v) is 6.49. The van der Waals surface area contributed by atoms with Crippen LogP contribution in [0.15, 0.2) is 23.3 Å². The molecule has 0 spiro atoms. The van der Waals surface area contributed by atoms with Gasteiger partial charge in [0.1, 0.15) is 5.69 Å². The molecule has 1 saturated heterocycles. The lowest BCUT2D eigenvalue weighted by molar-refractivity contribution is -0.393. The van der Waals surface area contributed by atoms with Crippen molar-refractivity contribution in [2.75, 3.05) is 11.2 Å². The molecule has 10 nitrogen and oxygen atoms in total. The zero-order chi connectivity index (χ0) is 15.4. The number of nitrogens with zero attached hydrogens (tertiary/aromatic N) is 3. The van der Waals surface area contributed by atoms with Gasteiger partial charge in [0.15, 0.2) is 0 Å². The van der Waals surface area contributed by atoms with E-state index in [0.29, 0.717) is 5.75 Å². The molecule has 0 radical (unpaired) electrons. The van der Waals surface area contributed by atoms with E-state index in [9.17, 15) is 25.0 Å². The van der Waals surface area contributed by atoms with Crippen LogP contribution in [0.3, 0.4) is 0 Å². The maximum Gasteiger partial charge on any atom is 0.301 e. The lowest BCUT2D eigenvalue weighted by atomic mass is 10.2. The molecule has 1 fully saturated rings. The average Bonchev–Trinajstić information content (AvgIpc) is 2.46. The molecule has 21 heavy (non-hydrogen) atoms. The fourth-order valence-corrected chi connectivity index (χ4v) is 2.05. The van der Waals surface area contributed by atoms with Crippen molar-refractivity contribution in [1.29, 1.82) is 0 Å². The van der Waals surface area contributed by atoms with Crippen LogP contribution in [0.4, 0.5) is 17.1 Å². The minimum absolute atomic E-state index is 0.0786. The number of hydrogen-bond donors (Lipinski definition) is 1. The smallest absolute Gasteiger partial charge is 0.301 e. The van der Waals surface area contributed by atoms with E-state index in [1.54, 1.807) is 0 Å². The number of hydrogen-bond acceptors (Lipinski definition) is 9. The number of hydrazone groups is 1. The molecule has 1 N–H and O–H groups in total. The second-order valence-electron chi connectivity index (χ2n) is 3.82. The Morgan fingerprint density at radius 2 is 2.05 bits per heavy atom. The van der Waals surface area contributed by atoms with E-state index in [4.69, 9.17) is 4.18 Å². The normalized spacial score (nSPS) is 16.4. The van der Waals surface area contributed by atoms with Crippen LogP contribution in [0.5, 0.6) is 0 Å². The number of carbonyl (C=O) groups excluding carboxylic acids is 1. The summed E-state index contributed by atoms with van der Waals surface area (Å²) in [7, 11) is 0. The van der Waals surface area contributed by atoms with Crippen LogP contribution in [-0.4, -0.2) is 27.3 Å². The molecule has 1 heterocycles. The highest BCUT2D eigenvalue weighted by atomic mass is 32.2. The van der Waals surface area contributed by atoms with Gasteiger partial charge in [0, 0.05) is 18.2 Å². The van der Waals surface area contributed by atoms with Crippen LogP contribution in [-0.2, 0) is 8.98 Å². The van der Waals surface area contributed by atoms with Crippen molar-refractivity contribution in [1.82, 2.24) is 0 Å². The van der Waals surface area contributed by atoms with E-state index in [2.05, 4.69) is 10.5 Å². The molecule has 0 amide bonds. The molecule has 2 rings (SSSR count). The second-order valence-corrected chi connectivity index (χ2v) is 4.63. The molecule has 0 aromatic heterocycles. The Kier molecular flexibility index (Phi) is 4.33. The number of non-ortho nitro benzene ring substituents is 1. The van der Waals surface area contributed by atoms with Crippen LogP contribution in [0.2, 0.25) is 0 Å². The van der Waals surface area contributed by atoms with Crippen molar-refractivity contribution in [2.24, 2.45) is 5.10 Å². The van der Waals surface area contributed by atoms with Gasteiger partial charge >= 0.3 is 5.69 Å². The van der Waals surface area contributed by atoms with Crippen LogP contribution in [0, 0.1) is 20.2 Å². The molecular formula is C10H8N4O6S. The number of nitro groups is 2. The topological polar surface area (TPSA) is 137 Å². The van der Waals surface area contributed by atoms with Crippen LogP contribution in [0.1, 0.15) is 6.42 Å². The summed E-state index contributed by atoms with van der Waals surface area (Å²) >= 11 is 1.04. The minimum Gasteiger partial charge on any atom is -0.400 e. The molecule has 0 atom stereocenters. The Hall–Kier alpha value is -2.69. The van der Waals surface area contributed by atoms with Crippen molar-refractivity contribution in [3.63, 3.8) is 0 Å². The summed E-state index contributed by atoms with van der Waals surface area (Å²) in [4.78, 5) is 31.4. The fraction of sp³-hybridized carbons (Fsp3) is 0.200. The molecule has 1 aliphatic rings. The Morgan fingerprint density at radius 3 is 2.67 bits per heavy atom. The predicted molar refractivity (Wildman–Crippen MR) is 74.0 cm³/mol. The minimum atomic E-state index is -0.784. The highest BCUT2D eigenvalue weighted by molar-refractivity contribution is 7.95. The van der Waals surface area contributed by atoms with Gasteiger partial charge < -0.3 is 4.18 Å². The van der Waals surface area contributed by atoms with Gasteiger partial charge in [-0.2, -0.15) is 0 Å². The number of Topliss-reactive ketones (excluding diaryl/α,β-unsaturated/α-hetero) is 1. The lowest BCUT2D eigenvalue weighted by Gasteiger charge is -2.11. The Labute approximate surface area is 121 Å². The highest BCUT2D eigenvalue weighted by Crippen LogP contribution is 2.29. The third kappa shape index (κ3) is 3.45. The lowest BCUT2D eigenvalue weighted by Crippen LogP contribution is -2.21. The third-order valence-corrected chi connectivity index (χ3v) is 3.10. The van der Waals surface area contributed by atoms with Crippen molar-refractivity contribution < 1.29 is 18.8 Å². The first kappa shape index (κ1) is 14.7. The van der Waals surface area contributed by atoms with Crippen LogP contribution < -0.4 is 5.43 Å². The second kappa shape index (κ2) is 6.17. The van der Waals surface area contributed by atoms with Crippen molar-refractivity contribution in [3.05, 3.63) is 38.4 Å². The Morgan fingerprint density at radius 1 is 1.29 bits per heavy atom. The zero-order valence-electron chi connectivity index (χ0n) is 10.3. The number of rotatable bonds is 4. The molecule has 1 aliphatic heterocycles. The zero-order valence-corrected chi connectivity index (χ0v) is 11.2. The number of benzene rings is 1. The summed E-state index contributed by atoms with van der Waals surface area (Å²) in [6.07, 6.45) is 0.257. The summed E-state index contributed by atoms with van der Waals surface area (Å²) < 4.78 is 4.95. The van der Waals surface area contributed by atoms with Crippen molar-refractivity contribution in [3.8, 4) is 0 Å². The van der Waals surface area contributed by atoms with Gasteiger partial charge in [0.2, 0.25) is 5.78 Å². The summed E-state index contributed by atoms with van der Waals surface area (Å²) in [5.41, 5.74) is 1.31. The van der Waals surface area contributed by atoms with Gasteiger partial charge in [0.05, 0.1) is 28.0 Å². The number of anilines is 1. The Balaban J connectivity index is 2.27. The van der Waals surface area contributed by atoms with E-state index in [0.717, 1.165) is 30.2 Å². The molecule has 0 saturated carbocycles. The van der Waals surface area contributed by atoms with E-state index in [1.807, 2.05) is 0 Å². The fourth-order valence-electron chi connectivity index (χ4n) is 1.46. The highest BCUT2D eigenvalue weighted by Gasteiger charge is 2.22. The number of ketones is 1. The summed E-state index contributed by atoms with van der Waals surface area (Å²) in [6, 6.07) is 3.04. The SMILES string of the molecule is O=C1CCSOC1=NNc1ccc([N+](=O)[O-])cc1[N+](=O)[O-]. The predicted octanol–water partition coefficient (Wildman–Crippen LogP) is 1.87. The summed E-state index contributed by atoms with van der Waals surface area (Å²) in [5.74, 6) is -0.0140. The van der Waals surface area contributed by atoms with Gasteiger partial charge in [-0.25, -0.2) is 0 Å². The van der Waals surface area contributed by atoms with Gasteiger partial charge in [-0.3, -0.25) is 30.4 Å². The monoisotopic (exact) mass is 312 g/mol. The maximum atomic E-state index is 11.4. The van der Waals surface area contributed by atoms with Gasteiger partial charge in [-0.05, 0) is 6.07 Å². The van der Waals surface area contributed by atoms with Gasteiger partial charge in [-0.15, -0.1) is 5.10 Å². The quantitative estimate of drug-likeness (QED) is 0.505. The molecule has 1 aromatic carbocycles. The standard InChI is InChI=1S/C10H8N4O6S/c15-9-3-4-21-20-10(9)12-11-7-2-1-6(13(16)17)5-8(7)14(18)19/h1-2,5,11H,3-4H2. The van der Waals surface area contributed by atoms with Crippen LogP contribution >= 0.6 is 12.0 Å². The molecule has 11 heteroatoms. The van der Waals surface area contributed by atoms with E-state index in [1.165, 1.54) is 0 Å². The van der Waals surface area contributed by atoms with E-state index < -0.39 is 21.2 Å². The van der Waals surface area contributed by atoms with Crippen LogP contribution in [0.25, 0.3) is 0 Å². The maximum absolute atomic E-state index is 11.4. The van der Waals surface area contributed by atoms with Crippen molar-refractivity contribution in [2.45, 2.75) is 6.42 Å².